The second-order valence-electron chi connectivity index (χ2n) is 5.17. The summed E-state index contributed by atoms with van der Waals surface area (Å²) in [6, 6.07) is 5.29. The van der Waals surface area contributed by atoms with Crippen LogP contribution in [-0.2, 0) is 10.0 Å². The highest BCUT2D eigenvalue weighted by molar-refractivity contribution is 7.92. The Morgan fingerprint density at radius 2 is 2.00 bits per heavy atom. The topological polar surface area (TPSA) is 96.4 Å². The monoisotopic (exact) mass is 338 g/mol. The van der Waals surface area contributed by atoms with Crippen molar-refractivity contribution in [1.82, 2.24) is 4.98 Å². The van der Waals surface area contributed by atoms with Crippen molar-refractivity contribution in [3.8, 4) is 0 Å². The second-order valence-corrected chi connectivity index (χ2v) is 6.86. The minimum absolute atomic E-state index is 0.0285. The van der Waals surface area contributed by atoms with Crippen molar-refractivity contribution in [2.24, 2.45) is 0 Å². The molecule has 2 rings (SSSR count). The fourth-order valence-corrected chi connectivity index (χ4v) is 3.16. The van der Waals surface area contributed by atoms with E-state index in [0.717, 1.165) is 18.5 Å². The predicted molar refractivity (Wildman–Crippen MR) is 82.5 cm³/mol. The van der Waals surface area contributed by atoms with Crippen LogP contribution in [0.4, 0.5) is 10.1 Å². The Labute approximate surface area is 133 Å². The van der Waals surface area contributed by atoms with Gasteiger partial charge in [0, 0.05) is 6.20 Å². The Balaban J connectivity index is 2.56. The number of carbonyl (C=O) groups is 1. The molecule has 2 aromatic rings. The van der Waals surface area contributed by atoms with Gasteiger partial charge in [-0.2, -0.15) is 0 Å². The molecule has 0 saturated heterocycles. The maximum absolute atomic E-state index is 13.2. The molecule has 0 amide bonds. The molecule has 0 spiro atoms. The molecule has 8 heteroatoms. The molecule has 6 nitrogen and oxygen atoms in total. The van der Waals surface area contributed by atoms with E-state index in [-0.39, 0.29) is 22.1 Å². The molecular formula is C15H15FN2O4S. The van der Waals surface area contributed by atoms with Crippen molar-refractivity contribution < 1.29 is 22.7 Å². The zero-order valence-electron chi connectivity index (χ0n) is 12.4. The summed E-state index contributed by atoms with van der Waals surface area (Å²) >= 11 is 0. The summed E-state index contributed by atoms with van der Waals surface area (Å²) in [5, 5.41) is 9.28. The van der Waals surface area contributed by atoms with E-state index in [1.165, 1.54) is 6.07 Å². The van der Waals surface area contributed by atoms with E-state index in [1.54, 1.807) is 12.1 Å². The van der Waals surface area contributed by atoms with Crippen molar-refractivity contribution in [1.29, 1.82) is 0 Å². The standard InChI is InChI=1S/C15H15FN2O4S/c1-9(2)12-4-3-5-13(15(19)20)14(12)18-23(21,22)11-6-10(16)7-17-8-11/h3-9,18H,1-2H3,(H,19,20). The second kappa shape index (κ2) is 6.33. The molecule has 0 unspecified atom stereocenters. The predicted octanol–water partition coefficient (Wildman–Crippen LogP) is 2.84. The van der Waals surface area contributed by atoms with E-state index in [2.05, 4.69) is 9.71 Å². The van der Waals surface area contributed by atoms with Gasteiger partial charge in [-0.3, -0.25) is 9.71 Å². The molecule has 0 saturated carbocycles. The summed E-state index contributed by atoms with van der Waals surface area (Å²) < 4.78 is 40.2. The Kier molecular flexibility index (Phi) is 4.65. The van der Waals surface area contributed by atoms with Crippen LogP contribution >= 0.6 is 0 Å². The third kappa shape index (κ3) is 3.65. The summed E-state index contributed by atoms with van der Waals surface area (Å²) in [6.45, 7) is 3.62. The summed E-state index contributed by atoms with van der Waals surface area (Å²) in [6.07, 6.45) is 1.87. The van der Waals surface area contributed by atoms with Crippen molar-refractivity contribution >= 4 is 21.7 Å². The van der Waals surface area contributed by atoms with E-state index in [4.69, 9.17) is 0 Å². The molecule has 0 radical (unpaired) electrons. The zero-order chi connectivity index (χ0) is 17.2. The van der Waals surface area contributed by atoms with Crippen LogP contribution in [-0.4, -0.2) is 24.5 Å². The molecule has 1 heterocycles. The van der Waals surface area contributed by atoms with Crippen LogP contribution in [0.25, 0.3) is 0 Å². The highest BCUT2D eigenvalue weighted by atomic mass is 32.2. The van der Waals surface area contributed by atoms with Gasteiger partial charge in [-0.25, -0.2) is 17.6 Å². The average Bonchev–Trinajstić information content (AvgIpc) is 2.46. The van der Waals surface area contributed by atoms with E-state index in [9.17, 15) is 22.7 Å². The molecular weight excluding hydrogens is 323 g/mol. The lowest BCUT2D eigenvalue weighted by Gasteiger charge is -2.17. The van der Waals surface area contributed by atoms with E-state index >= 15 is 0 Å². The molecule has 0 bridgehead atoms. The van der Waals surface area contributed by atoms with Crippen molar-refractivity contribution in [3.05, 3.63) is 53.6 Å². The first-order valence-electron chi connectivity index (χ1n) is 6.72. The van der Waals surface area contributed by atoms with Crippen molar-refractivity contribution in [2.45, 2.75) is 24.7 Å². The lowest BCUT2D eigenvalue weighted by Crippen LogP contribution is -2.18. The van der Waals surface area contributed by atoms with Crippen LogP contribution < -0.4 is 4.72 Å². The molecule has 1 aromatic heterocycles. The Bertz CT molecular complexity index is 850. The van der Waals surface area contributed by atoms with Gasteiger partial charge in [0.15, 0.2) is 0 Å². The van der Waals surface area contributed by atoms with Gasteiger partial charge in [-0.15, -0.1) is 0 Å². The normalized spacial score (nSPS) is 11.5. The van der Waals surface area contributed by atoms with Gasteiger partial charge >= 0.3 is 5.97 Å². The van der Waals surface area contributed by atoms with Gasteiger partial charge in [0.2, 0.25) is 0 Å². The number of hydrogen-bond donors (Lipinski definition) is 2. The van der Waals surface area contributed by atoms with Gasteiger partial charge in [0.05, 0.1) is 17.4 Å². The molecule has 122 valence electrons. The number of para-hydroxylation sites is 1. The molecule has 0 aliphatic heterocycles. The number of sulfonamides is 1. The number of anilines is 1. The summed E-state index contributed by atoms with van der Waals surface area (Å²) in [5.41, 5.74) is 0.321. The van der Waals surface area contributed by atoms with Crippen LogP contribution in [0, 0.1) is 5.82 Å². The number of aromatic nitrogens is 1. The largest absolute Gasteiger partial charge is 0.478 e. The van der Waals surface area contributed by atoms with Crippen LogP contribution in [0.15, 0.2) is 41.6 Å². The number of nitrogens with one attached hydrogen (secondary N) is 1. The molecule has 0 atom stereocenters. The molecule has 2 N–H and O–H groups in total. The van der Waals surface area contributed by atoms with Gasteiger partial charge in [-0.05, 0) is 23.6 Å². The Morgan fingerprint density at radius 1 is 1.30 bits per heavy atom. The summed E-state index contributed by atoms with van der Waals surface area (Å²) in [5.74, 6) is -2.18. The van der Waals surface area contributed by atoms with Crippen molar-refractivity contribution in [2.75, 3.05) is 4.72 Å². The highest BCUT2D eigenvalue weighted by Gasteiger charge is 2.22. The van der Waals surface area contributed by atoms with Crippen molar-refractivity contribution in [3.63, 3.8) is 0 Å². The van der Waals surface area contributed by atoms with Gasteiger partial charge in [-0.1, -0.05) is 26.0 Å². The minimum Gasteiger partial charge on any atom is -0.478 e. The summed E-state index contributed by atoms with van der Waals surface area (Å²) in [4.78, 5) is 14.5. The summed E-state index contributed by atoms with van der Waals surface area (Å²) in [7, 11) is -4.16. The number of hydrogen-bond acceptors (Lipinski definition) is 4. The lowest BCUT2D eigenvalue weighted by molar-refractivity contribution is 0.0698. The van der Waals surface area contributed by atoms with Gasteiger partial charge in [0.1, 0.15) is 10.7 Å². The SMILES string of the molecule is CC(C)c1cccc(C(=O)O)c1NS(=O)(=O)c1cncc(F)c1. The fraction of sp³-hybridized carbons (Fsp3) is 0.200. The third-order valence-electron chi connectivity index (χ3n) is 3.18. The number of aromatic carboxylic acids is 1. The maximum Gasteiger partial charge on any atom is 0.337 e. The number of rotatable bonds is 5. The first-order chi connectivity index (χ1) is 10.7. The molecule has 0 fully saturated rings. The number of pyridine rings is 1. The molecule has 0 aliphatic carbocycles. The number of carboxylic acid groups (broad SMARTS) is 1. The first-order valence-corrected chi connectivity index (χ1v) is 8.20. The number of carboxylic acids is 1. The number of halogens is 1. The Morgan fingerprint density at radius 3 is 2.57 bits per heavy atom. The maximum atomic E-state index is 13.2. The number of benzene rings is 1. The lowest BCUT2D eigenvalue weighted by atomic mass is 9.98. The van der Waals surface area contributed by atoms with E-state index in [0.29, 0.717) is 5.56 Å². The smallest absolute Gasteiger partial charge is 0.337 e. The third-order valence-corrected chi connectivity index (χ3v) is 4.49. The van der Waals surface area contributed by atoms with Crippen LogP contribution in [0.3, 0.4) is 0 Å². The first kappa shape index (κ1) is 16.9. The van der Waals surface area contributed by atoms with E-state index < -0.39 is 21.8 Å². The highest BCUT2D eigenvalue weighted by Crippen LogP contribution is 2.30. The quantitative estimate of drug-likeness (QED) is 0.874. The minimum atomic E-state index is -4.16. The molecule has 1 aromatic carbocycles. The zero-order valence-corrected chi connectivity index (χ0v) is 13.3. The molecule has 23 heavy (non-hydrogen) atoms. The van der Waals surface area contributed by atoms with Gasteiger partial charge < -0.3 is 5.11 Å². The van der Waals surface area contributed by atoms with Crippen LogP contribution in [0.5, 0.6) is 0 Å². The number of nitrogens with zero attached hydrogens (tertiary/aromatic N) is 1. The van der Waals surface area contributed by atoms with E-state index in [1.807, 2.05) is 13.8 Å². The average molecular weight is 338 g/mol. The van der Waals surface area contributed by atoms with Crippen LogP contribution in [0.2, 0.25) is 0 Å². The Hall–Kier alpha value is -2.48. The fourth-order valence-electron chi connectivity index (χ4n) is 2.08. The van der Waals surface area contributed by atoms with Crippen LogP contribution in [0.1, 0.15) is 35.7 Å². The van der Waals surface area contributed by atoms with Gasteiger partial charge in [0.25, 0.3) is 10.0 Å². The molecule has 0 aliphatic rings.